The molecule has 0 aliphatic heterocycles. The molecular weight excluding hydrogens is 291 g/mol. The average molecular weight is 305 g/mol. The summed E-state index contributed by atoms with van der Waals surface area (Å²) in [5.41, 5.74) is 4.16. The number of aromatic nitrogens is 2. The molecule has 0 saturated heterocycles. The van der Waals surface area contributed by atoms with Crippen molar-refractivity contribution in [1.29, 1.82) is 0 Å². The lowest BCUT2D eigenvalue weighted by Crippen LogP contribution is -2.02. The molecule has 0 saturated carbocycles. The predicted molar refractivity (Wildman–Crippen MR) is 85.2 cm³/mol. The molecule has 3 aromatic rings. The number of fused-ring (bicyclic) bond motifs is 1. The summed E-state index contributed by atoms with van der Waals surface area (Å²) in [5, 5.41) is 0.671. The molecule has 0 unspecified atom stereocenters. The van der Waals surface area contributed by atoms with Gasteiger partial charge < -0.3 is 0 Å². The van der Waals surface area contributed by atoms with Gasteiger partial charge in [0.05, 0.1) is 10.5 Å². The number of aryl methyl sites for hydroxylation is 2. The van der Waals surface area contributed by atoms with E-state index >= 15 is 0 Å². The van der Waals surface area contributed by atoms with Gasteiger partial charge in [-0.2, -0.15) is 0 Å². The van der Waals surface area contributed by atoms with Gasteiger partial charge in [-0.1, -0.05) is 35.4 Å². The monoisotopic (exact) mass is 304 g/mol. The highest BCUT2D eigenvalue weighted by molar-refractivity contribution is 6.35. The van der Waals surface area contributed by atoms with Gasteiger partial charge >= 0.3 is 0 Å². The van der Waals surface area contributed by atoms with Crippen molar-refractivity contribution < 1.29 is 0 Å². The highest BCUT2D eigenvalue weighted by atomic mass is 35.5. The Hall–Kier alpha value is -1.51. The number of hydrogen-bond donors (Lipinski definition) is 0. The van der Waals surface area contributed by atoms with Crippen LogP contribution in [0, 0.1) is 6.92 Å². The number of alkyl halides is 1. The van der Waals surface area contributed by atoms with Gasteiger partial charge in [-0.15, -0.1) is 11.6 Å². The second kappa shape index (κ2) is 5.47. The molecule has 4 heteroatoms. The third kappa shape index (κ3) is 2.30. The van der Waals surface area contributed by atoms with Gasteiger partial charge in [-0.05, 0) is 31.2 Å². The number of benzene rings is 2. The first kappa shape index (κ1) is 13.5. The van der Waals surface area contributed by atoms with Crippen LogP contribution in [0.1, 0.15) is 11.4 Å². The maximum absolute atomic E-state index is 6.25. The number of nitrogens with zero attached hydrogens (tertiary/aromatic N) is 2. The Labute approximate surface area is 128 Å². The van der Waals surface area contributed by atoms with E-state index in [4.69, 9.17) is 23.2 Å². The zero-order valence-electron chi connectivity index (χ0n) is 11.1. The van der Waals surface area contributed by atoms with Gasteiger partial charge in [0.15, 0.2) is 0 Å². The molecule has 1 aromatic heterocycles. The second-order valence-electron chi connectivity index (χ2n) is 4.75. The number of para-hydroxylation sites is 1. The third-order valence-electron chi connectivity index (χ3n) is 3.32. The van der Waals surface area contributed by atoms with Crippen LogP contribution in [0.5, 0.6) is 0 Å². The van der Waals surface area contributed by atoms with Crippen LogP contribution in [0.3, 0.4) is 0 Å². The molecule has 0 N–H and O–H groups in total. The van der Waals surface area contributed by atoms with Crippen LogP contribution in [-0.2, 0) is 6.42 Å². The number of halogens is 2. The van der Waals surface area contributed by atoms with Crippen LogP contribution < -0.4 is 0 Å². The molecule has 0 amide bonds. The van der Waals surface area contributed by atoms with E-state index in [1.54, 1.807) is 0 Å². The quantitative estimate of drug-likeness (QED) is 0.637. The fourth-order valence-corrected chi connectivity index (χ4v) is 2.73. The summed E-state index contributed by atoms with van der Waals surface area (Å²) in [6.45, 7) is 2.08. The van der Waals surface area contributed by atoms with Crippen molar-refractivity contribution in [3.63, 3.8) is 0 Å². The number of hydrogen-bond acceptors (Lipinski definition) is 1. The fourth-order valence-electron chi connectivity index (χ4n) is 2.35. The lowest BCUT2D eigenvalue weighted by Gasteiger charge is -2.09. The van der Waals surface area contributed by atoms with E-state index in [-0.39, 0.29) is 0 Å². The molecule has 102 valence electrons. The predicted octanol–water partition coefficient (Wildman–Crippen LogP) is 4.77. The van der Waals surface area contributed by atoms with E-state index in [2.05, 4.69) is 40.7 Å². The van der Waals surface area contributed by atoms with E-state index in [1.807, 2.05) is 18.2 Å². The maximum Gasteiger partial charge on any atom is 0.115 e. The standard InChI is InChI=1S/C16H14Cl2N2/c1-11-5-7-12(8-6-11)20-14-4-2-3-13(18)16(14)19-15(20)9-10-17/h2-8H,9-10H2,1H3. The zero-order chi connectivity index (χ0) is 14.1. The van der Waals surface area contributed by atoms with Gasteiger partial charge in [0.1, 0.15) is 11.3 Å². The van der Waals surface area contributed by atoms with Gasteiger partial charge in [0, 0.05) is 18.0 Å². The molecule has 0 spiro atoms. The Morgan fingerprint density at radius 3 is 2.55 bits per heavy atom. The minimum Gasteiger partial charge on any atom is -0.296 e. The summed E-state index contributed by atoms with van der Waals surface area (Å²) in [6, 6.07) is 14.2. The number of imidazole rings is 1. The smallest absolute Gasteiger partial charge is 0.115 e. The Bertz CT molecular complexity index is 745. The minimum absolute atomic E-state index is 0.535. The van der Waals surface area contributed by atoms with Crippen molar-refractivity contribution in [3.8, 4) is 5.69 Å². The SMILES string of the molecule is Cc1ccc(-n2c(CCCl)nc3c(Cl)cccc32)cc1. The summed E-state index contributed by atoms with van der Waals surface area (Å²) in [4.78, 5) is 4.65. The van der Waals surface area contributed by atoms with E-state index in [0.29, 0.717) is 17.3 Å². The molecule has 0 aliphatic carbocycles. The summed E-state index contributed by atoms with van der Waals surface area (Å²) in [6.07, 6.45) is 0.709. The summed E-state index contributed by atoms with van der Waals surface area (Å²) < 4.78 is 2.13. The molecule has 1 heterocycles. The maximum atomic E-state index is 6.25. The molecule has 3 rings (SSSR count). The Kier molecular flexibility index (Phi) is 3.68. The van der Waals surface area contributed by atoms with Crippen LogP contribution in [-0.4, -0.2) is 15.4 Å². The lowest BCUT2D eigenvalue weighted by molar-refractivity contribution is 0.912. The first-order valence-corrected chi connectivity index (χ1v) is 7.41. The average Bonchev–Trinajstić information content (AvgIpc) is 2.80. The molecule has 0 fully saturated rings. The topological polar surface area (TPSA) is 17.8 Å². The number of rotatable bonds is 3. The molecule has 2 aromatic carbocycles. The zero-order valence-corrected chi connectivity index (χ0v) is 12.6. The van der Waals surface area contributed by atoms with Crippen molar-refractivity contribution in [3.05, 3.63) is 58.9 Å². The van der Waals surface area contributed by atoms with Crippen LogP contribution in [0.2, 0.25) is 5.02 Å². The largest absolute Gasteiger partial charge is 0.296 e. The Balaban J connectivity index is 2.28. The van der Waals surface area contributed by atoms with Crippen molar-refractivity contribution in [2.75, 3.05) is 5.88 Å². The van der Waals surface area contributed by atoms with Crippen LogP contribution in [0.4, 0.5) is 0 Å². The van der Waals surface area contributed by atoms with Crippen molar-refractivity contribution >= 4 is 34.2 Å². The van der Waals surface area contributed by atoms with Crippen molar-refractivity contribution in [1.82, 2.24) is 9.55 Å². The first-order valence-electron chi connectivity index (χ1n) is 6.49. The van der Waals surface area contributed by atoms with E-state index < -0.39 is 0 Å². The minimum atomic E-state index is 0.535. The molecular formula is C16H14Cl2N2. The molecule has 0 aliphatic rings. The fraction of sp³-hybridized carbons (Fsp3) is 0.188. The van der Waals surface area contributed by atoms with Gasteiger partial charge in [-0.25, -0.2) is 4.98 Å². The van der Waals surface area contributed by atoms with Crippen LogP contribution >= 0.6 is 23.2 Å². The van der Waals surface area contributed by atoms with Crippen LogP contribution in [0.25, 0.3) is 16.7 Å². The molecule has 0 radical (unpaired) electrons. The summed E-state index contributed by atoms with van der Waals surface area (Å²) >= 11 is 12.1. The van der Waals surface area contributed by atoms with E-state index in [1.165, 1.54) is 5.56 Å². The normalized spacial score (nSPS) is 11.2. The van der Waals surface area contributed by atoms with Crippen LogP contribution in [0.15, 0.2) is 42.5 Å². The molecule has 0 bridgehead atoms. The van der Waals surface area contributed by atoms with Gasteiger partial charge in [0.25, 0.3) is 0 Å². The van der Waals surface area contributed by atoms with E-state index in [9.17, 15) is 0 Å². The lowest BCUT2D eigenvalue weighted by atomic mass is 10.2. The third-order valence-corrected chi connectivity index (χ3v) is 3.81. The summed E-state index contributed by atoms with van der Waals surface area (Å²) in [5.74, 6) is 1.47. The second-order valence-corrected chi connectivity index (χ2v) is 5.53. The van der Waals surface area contributed by atoms with Crippen molar-refractivity contribution in [2.24, 2.45) is 0 Å². The van der Waals surface area contributed by atoms with E-state index in [0.717, 1.165) is 22.5 Å². The first-order chi connectivity index (χ1) is 9.70. The summed E-state index contributed by atoms with van der Waals surface area (Å²) in [7, 11) is 0. The Morgan fingerprint density at radius 2 is 1.85 bits per heavy atom. The van der Waals surface area contributed by atoms with Crippen molar-refractivity contribution in [2.45, 2.75) is 13.3 Å². The highest BCUT2D eigenvalue weighted by Crippen LogP contribution is 2.27. The highest BCUT2D eigenvalue weighted by Gasteiger charge is 2.13. The Morgan fingerprint density at radius 1 is 1.10 bits per heavy atom. The molecule has 0 atom stereocenters. The van der Waals surface area contributed by atoms with Gasteiger partial charge in [0.2, 0.25) is 0 Å². The molecule has 2 nitrogen and oxygen atoms in total. The van der Waals surface area contributed by atoms with Gasteiger partial charge in [-0.3, -0.25) is 4.57 Å². The molecule has 20 heavy (non-hydrogen) atoms.